The highest BCUT2D eigenvalue weighted by Gasteiger charge is 2.46. The maximum atomic E-state index is 11.4. The van der Waals surface area contributed by atoms with Crippen molar-refractivity contribution < 1.29 is 20.4 Å². The molecule has 0 heterocycles. The Bertz CT molecular complexity index is 1230. The number of phenolic OH excluding ortho intramolecular Hbond substituents is 4. The average molecular weight is 493 g/mol. The Morgan fingerprint density at radius 3 is 1.86 bits per heavy atom. The second-order valence-corrected chi connectivity index (χ2v) is 11.7. The minimum atomic E-state index is -0.613. The van der Waals surface area contributed by atoms with Gasteiger partial charge >= 0.3 is 0 Å². The van der Waals surface area contributed by atoms with Gasteiger partial charge < -0.3 is 20.4 Å². The van der Waals surface area contributed by atoms with Crippen LogP contribution in [0.25, 0.3) is 10.8 Å². The first-order valence-corrected chi connectivity index (χ1v) is 13.3. The van der Waals surface area contributed by atoms with Crippen molar-refractivity contribution in [1.29, 1.82) is 0 Å². The van der Waals surface area contributed by atoms with E-state index in [1.165, 1.54) is 6.07 Å². The summed E-state index contributed by atoms with van der Waals surface area (Å²) in [7, 11) is 0. The summed E-state index contributed by atoms with van der Waals surface area (Å²) in [6.07, 6.45) is 5.67. The largest absolute Gasteiger partial charge is 0.507 e. The Balaban J connectivity index is 2.32. The van der Waals surface area contributed by atoms with Crippen molar-refractivity contribution >= 4 is 10.8 Å². The fraction of sp³-hybridized carbons (Fsp3) is 0.500. The van der Waals surface area contributed by atoms with Gasteiger partial charge in [0.05, 0.1) is 0 Å². The van der Waals surface area contributed by atoms with Crippen LogP contribution in [0.4, 0.5) is 0 Å². The fourth-order valence-corrected chi connectivity index (χ4v) is 6.19. The van der Waals surface area contributed by atoms with Gasteiger partial charge in [-0.3, -0.25) is 0 Å². The van der Waals surface area contributed by atoms with Gasteiger partial charge in [0.1, 0.15) is 11.5 Å². The van der Waals surface area contributed by atoms with Gasteiger partial charge in [0, 0.05) is 16.2 Å². The van der Waals surface area contributed by atoms with E-state index in [-0.39, 0.29) is 33.8 Å². The molecule has 0 spiro atoms. The highest BCUT2D eigenvalue weighted by molar-refractivity contribution is 5.94. The summed E-state index contributed by atoms with van der Waals surface area (Å²) in [4.78, 5) is 0. The van der Waals surface area contributed by atoms with Gasteiger partial charge in [-0.25, -0.2) is 0 Å². The summed E-state index contributed by atoms with van der Waals surface area (Å²) in [5.74, 6) is 0.0230. The molecule has 0 aliphatic heterocycles. The Morgan fingerprint density at radius 1 is 0.639 bits per heavy atom. The van der Waals surface area contributed by atoms with Crippen molar-refractivity contribution in [2.75, 3.05) is 0 Å². The van der Waals surface area contributed by atoms with E-state index < -0.39 is 5.41 Å². The van der Waals surface area contributed by atoms with Crippen LogP contribution >= 0.6 is 0 Å². The summed E-state index contributed by atoms with van der Waals surface area (Å²) in [5.41, 5.74) is 1.83. The molecular weight excluding hydrogens is 448 g/mol. The Labute approximate surface area is 216 Å². The lowest BCUT2D eigenvalue weighted by molar-refractivity contribution is 0.163. The molecule has 0 aliphatic rings. The van der Waals surface area contributed by atoms with E-state index in [0.717, 1.165) is 55.2 Å². The lowest BCUT2D eigenvalue weighted by Gasteiger charge is -2.48. The van der Waals surface area contributed by atoms with E-state index in [1.54, 1.807) is 12.1 Å². The van der Waals surface area contributed by atoms with Crippen LogP contribution in [0.2, 0.25) is 0 Å². The topological polar surface area (TPSA) is 80.9 Å². The van der Waals surface area contributed by atoms with E-state index in [2.05, 4.69) is 48.5 Å². The van der Waals surface area contributed by atoms with Gasteiger partial charge in [-0.15, -0.1) is 0 Å². The van der Waals surface area contributed by atoms with Crippen LogP contribution in [-0.2, 0) is 11.8 Å². The predicted octanol–water partition coefficient (Wildman–Crippen LogP) is 8.55. The number of fused-ring (bicyclic) bond motifs is 1. The normalized spacial score (nSPS) is 15.5. The molecule has 3 rings (SSSR count). The molecule has 0 amide bonds. The quantitative estimate of drug-likeness (QED) is 0.214. The summed E-state index contributed by atoms with van der Waals surface area (Å²) in [6, 6.07) is 12.6. The summed E-state index contributed by atoms with van der Waals surface area (Å²) in [6.45, 7) is 15.3. The first-order valence-electron chi connectivity index (χ1n) is 13.3. The number of rotatable bonds is 10. The second kappa shape index (κ2) is 10.2. The summed E-state index contributed by atoms with van der Waals surface area (Å²) in [5, 5.41) is 44.2. The first kappa shape index (κ1) is 27.7. The zero-order chi connectivity index (χ0) is 26.9. The molecule has 0 bridgehead atoms. The van der Waals surface area contributed by atoms with Gasteiger partial charge in [-0.2, -0.15) is 0 Å². The molecule has 0 saturated carbocycles. The molecule has 36 heavy (non-hydrogen) atoms. The molecule has 0 aliphatic carbocycles. The number of aromatic hydroxyl groups is 4. The van der Waals surface area contributed by atoms with Crippen LogP contribution < -0.4 is 0 Å². The lowest BCUT2D eigenvalue weighted by Crippen LogP contribution is -2.42. The molecule has 4 N–H and O–H groups in total. The molecule has 4 heteroatoms. The third-order valence-corrected chi connectivity index (χ3v) is 8.68. The third kappa shape index (κ3) is 4.87. The van der Waals surface area contributed by atoms with E-state index in [9.17, 15) is 20.4 Å². The van der Waals surface area contributed by atoms with Gasteiger partial charge in [0.25, 0.3) is 0 Å². The van der Waals surface area contributed by atoms with Crippen LogP contribution in [0.3, 0.4) is 0 Å². The number of benzene rings is 3. The van der Waals surface area contributed by atoms with Crippen molar-refractivity contribution in [3.8, 4) is 23.0 Å². The average Bonchev–Trinajstić information content (AvgIpc) is 2.82. The van der Waals surface area contributed by atoms with E-state index >= 15 is 0 Å². The molecule has 2 atom stereocenters. The van der Waals surface area contributed by atoms with E-state index in [0.29, 0.717) is 10.8 Å². The summed E-state index contributed by atoms with van der Waals surface area (Å²) >= 11 is 0. The zero-order valence-corrected chi connectivity index (χ0v) is 23.1. The Morgan fingerprint density at radius 2 is 1.28 bits per heavy atom. The molecule has 3 aromatic rings. The molecule has 4 nitrogen and oxygen atoms in total. The minimum absolute atomic E-state index is 0.0551. The van der Waals surface area contributed by atoms with Crippen molar-refractivity contribution in [3.63, 3.8) is 0 Å². The fourth-order valence-electron chi connectivity index (χ4n) is 6.19. The van der Waals surface area contributed by atoms with E-state index in [4.69, 9.17) is 0 Å². The third-order valence-electron chi connectivity index (χ3n) is 8.68. The molecular formula is C32H44O4. The molecule has 196 valence electrons. The predicted molar refractivity (Wildman–Crippen MR) is 149 cm³/mol. The standard InChI is InChI=1S/C32H44O4/c1-8-15-30(4,5)20-21-11-13-24-25(29(21)36)17-23(19-27(24)34)32(7,31(6,10-3)16-9-2)22-12-14-26(33)28(35)18-22/h11-14,17-19,33-36H,8-10,15-16,20H2,1-7H3. The molecule has 0 radical (unpaired) electrons. The molecule has 3 aromatic carbocycles. The van der Waals surface area contributed by atoms with Crippen molar-refractivity contribution in [2.45, 2.75) is 92.4 Å². The SMILES string of the molecule is CCCC(C)(C)Cc1ccc2c(O)cc(C(C)(c3ccc(O)c(O)c3)C(C)(CC)CCC)cc2c1O. The molecule has 2 unspecified atom stereocenters. The van der Waals surface area contributed by atoms with Crippen LogP contribution in [0, 0.1) is 10.8 Å². The Hall–Kier alpha value is -2.88. The van der Waals surface area contributed by atoms with Crippen LogP contribution in [0.5, 0.6) is 23.0 Å². The van der Waals surface area contributed by atoms with Crippen molar-refractivity contribution in [3.05, 3.63) is 59.2 Å². The van der Waals surface area contributed by atoms with Crippen molar-refractivity contribution in [1.82, 2.24) is 0 Å². The maximum Gasteiger partial charge on any atom is 0.157 e. The monoisotopic (exact) mass is 492 g/mol. The van der Waals surface area contributed by atoms with Crippen LogP contribution in [-0.4, -0.2) is 20.4 Å². The molecule has 0 saturated heterocycles. The smallest absolute Gasteiger partial charge is 0.157 e. The maximum absolute atomic E-state index is 11.4. The van der Waals surface area contributed by atoms with Gasteiger partial charge in [0.2, 0.25) is 0 Å². The second-order valence-electron chi connectivity index (χ2n) is 11.7. The first-order chi connectivity index (χ1) is 16.8. The minimum Gasteiger partial charge on any atom is -0.507 e. The van der Waals surface area contributed by atoms with Crippen LogP contribution in [0.15, 0.2) is 42.5 Å². The number of phenols is 4. The number of hydrogen-bond acceptors (Lipinski definition) is 4. The molecule has 0 fully saturated rings. The molecule has 0 aromatic heterocycles. The Kier molecular flexibility index (Phi) is 7.88. The summed E-state index contributed by atoms with van der Waals surface area (Å²) < 4.78 is 0. The highest BCUT2D eigenvalue weighted by atomic mass is 16.3. The van der Waals surface area contributed by atoms with Gasteiger partial charge in [-0.05, 0) is 77.5 Å². The zero-order valence-electron chi connectivity index (χ0n) is 23.1. The number of hydrogen-bond donors (Lipinski definition) is 4. The van der Waals surface area contributed by atoms with E-state index in [1.807, 2.05) is 24.3 Å². The van der Waals surface area contributed by atoms with Crippen LogP contribution in [0.1, 0.15) is 97.3 Å². The van der Waals surface area contributed by atoms with Gasteiger partial charge in [0.15, 0.2) is 11.5 Å². The van der Waals surface area contributed by atoms with Gasteiger partial charge in [-0.1, -0.05) is 79.5 Å². The lowest BCUT2D eigenvalue weighted by atomic mass is 9.55. The highest BCUT2D eigenvalue weighted by Crippen LogP contribution is 2.54. The van der Waals surface area contributed by atoms with Crippen molar-refractivity contribution in [2.24, 2.45) is 10.8 Å².